The van der Waals surface area contributed by atoms with Crippen LogP contribution in [0.2, 0.25) is 0 Å². The number of nitriles is 1. The van der Waals surface area contributed by atoms with Crippen molar-refractivity contribution < 1.29 is 5.11 Å². The summed E-state index contributed by atoms with van der Waals surface area (Å²) < 4.78 is 1.36. The second-order valence-electron chi connectivity index (χ2n) is 4.72. The van der Waals surface area contributed by atoms with Crippen LogP contribution < -0.4 is 5.69 Å². The van der Waals surface area contributed by atoms with E-state index in [2.05, 4.69) is 11.1 Å². The third-order valence-electron chi connectivity index (χ3n) is 3.23. The SMILES string of the molecule is CCCCn1c(O)c(Cc2ccc(C#N)cc2)[nH]c1=O. The number of nitrogens with zero attached hydrogens (tertiary/aromatic N) is 2. The molecule has 0 saturated heterocycles. The minimum atomic E-state index is -0.278. The average molecular weight is 271 g/mol. The molecular formula is C15H17N3O2. The Morgan fingerprint density at radius 3 is 2.65 bits per heavy atom. The van der Waals surface area contributed by atoms with Crippen LogP contribution in [0.1, 0.15) is 36.6 Å². The van der Waals surface area contributed by atoms with E-state index in [4.69, 9.17) is 5.26 Å². The molecule has 104 valence electrons. The van der Waals surface area contributed by atoms with E-state index in [1.54, 1.807) is 12.1 Å². The van der Waals surface area contributed by atoms with Crippen molar-refractivity contribution >= 4 is 0 Å². The monoisotopic (exact) mass is 271 g/mol. The van der Waals surface area contributed by atoms with Crippen molar-refractivity contribution in [3.8, 4) is 11.9 Å². The highest BCUT2D eigenvalue weighted by atomic mass is 16.3. The Labute approximate surface area is 117 Å². The fraction of sp³-hybridized carbons (Fsp3) is 0.333. The summed E-state index contributed by atoms with van der Waals surface area (Å²) in [6.07, 6.45) is 2.25. The van der Waals surface area contributed by atoms with Crippen LogP contribution in [-0.4, -0.2) is 14.7 Å². The van der Waals surface area contributed by atoms with Crippen molar-refractivity contribution in [1.82, 2.24) is 9.55 Å². The second-order valence-corrected chi connectivity index (χ2v) is 4.72. The van der Waals surface area contributed by atoms with Gasteiger partial charge >= 0.3 is 5.69 Å². The predicted molar refractivity (Wildman–Crippen MR) is 75.6 cm³/mol. The number of rotatable bonds is 5. The van der Waals surface area contributed by atoms with Crippen LogP contribution in [0.3, 0.4) is 0 Å². The largest absolute Gasteiger partial charge is 0.493 e. The molecule has 0 aliphatic rings. The van der Waals surface area contributed by atoms with Gasteiger partial charge in [-0.25, -0.2) is 4.79 Å². The molecule has 5 heteroatoms. The van der Waals surface area contributed by atoms with Crippen LogP contribution in [0.25, 0.3) is 0 Å². The van der Waals surface area contributed by atoms with Crippen LogP contribution >= 0.6 is 0 Å². The summed E-state index contributed by atoms with van der Waals surface area (Å²) >= 11 is 0. The van der Waals surface area contributed by atoms with E-state index in [-0.39, 0.29) is 11.6 Å². The fourth-order valence-corrected chi connectivity index (χ4v) is 2.06. The first kappa shape index (κ1) is 13.9. The topological polar surface area (TPSA) is 81.8 Å². The molecule has 0 radical (unpaired) electrons. The number of hydrogen-bond acceptors (Lipinski definition) is 3. The van der Waals surface area contributed by atoms with Gasteiger partial charge in [0.1, 0.15) is 0 Å². The number of benzene rings is 1. The van der Waals surface area contributed by atoms with Crippen molar-refractivity contribution in [2.75, 3.05) is 0 Å². The molecule has 2 N–H and O–H groups in total. The standard InChI is InChI=1S/C15H17N3O2/c1-2-3-8-18-14(19)13(17-15(18)20)9-11-4-6-12(10-16)7-5-11/h4-7,19H,2-3,8-9H2,1H3,(H,17,20). The molecule has 0 spiro atoms. The number of nitrogens with one attached hydrogen (secondary N) is 1. The van der Waals surface area contributed by atoms with Gasteiger partial charge in [-0.05, 0) is 24.1 Å². The maximum absolute atomic E-state index is 11.8. The second kappa shape index (κ2) is 6.11. The van der Waals surface area contributed by atoms with Crippen molar-refractivity contribution in [3.63, 3.8) is 0 Å². The molecule has 1 aromatic heterocycles. The van der Waals surface area contributed by atoms with Gasteiger partial charge in [-0.3, -0.25) is 4.57 Å². The molecule has 2 rings (SSSR count). The maximum Gasteiger partial charge on any atom is 0.328 e. The Kier molecular flexibility index (Phi) is 4.26. The van der Waals surface area contributed by atoms with E-state index < -0.39 is 0 Å². The maximum atomic E-state index is 11.8. The lowest BCUT2D eigenvalue weighted by Gasteiger charge is -2.03. The van der Waals surface area contributed by atoms with Gasteiger partial charge in [0.25, 0.3) is 0 Å². The first-order valence-electron chi connectivity index (χ1n) is 6.65. The molecule has 1 aromatic carbocycles. The fourth-order valence-electron chi connectivity index (χ4n) is 2.06. The minimum absolute atomic E-state index is 0.00723. The molecule has 5 nitrogen and oxygen atoms in total. The summed E-state index contributed by atoms with van der Waals surface area (Å²) in [7, 11) is 0. The molecule has 1 heterocycles. The Hall–Kier alpha value is -2.48. The number of aromatic amines is 1. The average Bonchev–Trinajstić information content (AvgIpc) is 2.72. The lowest BCUT2D eigenvalue weighted by Crippen LogP contribution is -2.16. The van der Waals surface area contributed by atoms with E-state index in [0.717, 1.165) is 18.4 Å². The van der Waals surface area contributed by atoms with E-state index in [0.29, 0.717) is 24.2 Å². The summed E-state index contributed by atoms with van der Waals surface area (Å²) in [6.45, 7) is 2.55. The molecule has 0 atom stereocenters. The molecule has 0 bridgehead atoms. The van der Waals surface area contributed by atoms with Gasteiger partial charge in [-0.15, -0.1) is 0 Å². The third-order valence-corrected chi connectivity index (χ3v) is 3.23. The summed E-state index contributed by atoms with van der Waals surface area (Å²) in [4.78, 5) is 14.5. The molecule has 0 aliphatic carbocycles. The highest BCUT2D eigenvalue weighted by Crippen LogP contribution is 2.17. The molecular weight excluding hydrogens is 254 g/mol. The van der Waals surface area contributed by atoms with Crippen molar-refractivity contribution in [3.05, 3.63) is 51.6 Å². The Balaban J connectivity index is 2.21. The number of imidazole rings is 1. The summed E-state index contributed by atoms with van der Waals surface area (Å²) in [5, 5.41) is 18.8. The summed E-state index contributed by atoms with van der Waals surface area (Å²) in [5.41, 5.74) is 1.76. The highest BCUT2D eigenvalue weighted by Gasteiger charge is 2.12. The minimum Gasteiger partial charge on any atom is -0.493 e. The quantitative estimate of drug-likeness (QED) is 0.874. The smallest absolute Gasteiger partial charge is 0.328 e. The van der Waals surface area contributed by atoms with Gasteiger partial charge in [0.05, 0.1) is 17.3 Å². The number of aromatic nitrogens is 2. The summed E-state index contributed by atoms with van der Waals surface area (Å²) in [5.74, 6) is 0.00723. The van der Waals surface area contributed by atoms with Gasteiger partial charge in [-0.1, -0.05) is 25.5 Å². The first-order valence-corrected chi connectivity index (χ1v) is 6.65. The van der Waals surface area contributed by atoms with Crippen molar-refractivity contribution in [2.45, 2.75) is 32.7 Å². The number of H-pyrrole nitrogens is 1. The van der Waals surface area contributed by atoms with Crippen LogP contribution in [0.5, 0.6) is 5.88 Å². The van der Waals surface area contributed by atoms with Gasteiger partial charge < -0.3 is 10.1 Å². The van der Waals surface area contributed by atoms with Gasteiger partial charge in [0.2, 0.25) is 5.88 Å². The van der Waals surface area contributed by atoms with Crippen LogP contribution in [0.15, 0.2) is 29.1 Å². The molecule has 0 amide bonds. The summed E-state index contributed by atoms with van der Waals surface area (Å²) in [6, 6.07) is 9.13. The van der Waals surface area contributed by atoms with E-state index in [9.17, 15) is 9.90 Å². The lowest BCUT2D eigenvalue weighted by atomic mass is 10.1. The van der Waals surface area contributed by atoms with Crippen molar-refractivity contribution in [1.29, 1.82) is 5.26 Å². The number of hydrogen-bond donors (Lipinski definition) is 2. The van der Waals surface area contributed by atoms with Crippen LogP contribution in [0.4, 0.5) is 0 Å². The number of unbranched alkanes of at least 4 members (excludes halogenated alkanes) is 1. The Bertz CT molecular complexity index is 675. The molecule has 0 saturated carbocycles. The Morgan fingerprint density at radius 2 is 2.05 bits per heavy atom. The molecule has 20 heavy (non-hydrogen) atoms. The van der Waals surface area contributed by atoms with Gasteiger partial charge in [0.15, 0.2) is 0 Å². The molecule has 2 aromatic rings. The van der Waals surface area contributed by atoms with E-state index in [1.807, 2.05) is 19.1 Å². The molecule has 0 fully saturated rings. The predicted octanol–water partition coefficient (Wildman–Crippen LogP) is 2.14. The zero-order valence-electron chi connectivity index (χ0n) is 11.4. The zero-order chi connectivity index (χ0) is 14.5. The van der Waals surface area contributed by atoms with Crippen molar-refractivity contribution in [2.24, 2.45) is 0 Å². The first-order chi connectivity index (χ1) is 9.65. The van der Waals surface area contributed by atoms with Crippen LogP contribution in [-0.2, 0) is 13.0 Å². The molecule has 0 aliphatic heterocycles. The lowest BCUT2D eigenvalue weighted by molar-refractivity contribution is 0.404. The Morgan fingerprint density at radius 1 is 1.35 bits per heavy atom. The highest BCUT2D eigenvalue weighted by molar-refractivity contribution is 5.34. The van der Waals surface area contributed by atoms with Gasteiger partial charge in [0, 0.05) is 13.0 Å². The normalized spacial score (nSPS) is 10.4. The van der Waals surface area contributed by atoms with E-state index >= 15 is 0 Å². The molecule has 0 unspecified atom stereocenters. The van der Waals surface area contributed by atoms with Gasteiger partial charge in [-0.2, -0.15) is 5.26 Å². The van der Waals surface area contributed by atoms with E-state index in [1.165, 1.54) is 4.57 Å². The van der Waals surface area contributed by atoms with Crippen LogP contribution in [0, 0.1) is 11.3 Å². The third kappa shape index (κ3) is 2.91. The number of aromatic hydroxyl groups is 1. The zero-order valence-corrected chi connectivity index (χ0v) is 11.4.